The van der Waals surface area contributed by atoms with Crippen LogP contribution in [-0.4, -0.2) is 59.3 Å². The quantitative estimate of drug-likeness (QED) is 0.737. The average Bonchev–Trinajstić information content (AvgIpc) is 2.65. The van der Waals surface area contributed by atoms with Crippen LogP contribution in [0.3, 0.4) is 0 Å². The molecule has 2 aliphatic rings. The Morgan fingerprint density at radius 2 is 1.73 bits per heavy atom. The third-order valence-electron chi connectivity index (χ3n) is 3.99. The van der Waals surface area contributed by atoms with Crippen molar-refractivity contribution in [3.05, 3.63) is 0 Å². The van der Waals surface area contributed by atoms with E-state index in [1.54, 1.807) is 0 Å². The zero-order valence-electron chi connectivity index (χ0n) is 10.0. The molecule has 0 aromatic rings. The van der Waals surface area contributed by atoms with E-state index >= 15 is 0 Å². The van der Waals surface area contributed by atoms with E-state index in [9.17, 15) is 5.11 Å². The lowest BCUT2D eigenvalue weighted by Crippen LogP contribution is -2.53. The Labute approximate surface area is 93.1 Å². The molecule has 0 bridgehead atoms. The molecule has 0 aromatic heterocycles. The first kappa shape index (κ1) is 11.4. The molecule has 1 N–H and O–H groups in total. The van der Waals surface area contributed by atoms with E-state index in [1.165, 1.54) is 25.9 Å². The van der Waals surface area contributed by atoms with Crippen LogP contribution in [0.1, 0.15) is 33.1 Å². The predicted molar refractivity (Wildman–Crippen MR) is 61.9 cm³/mol. The Hall–Kier alpha value is -0.120. The van der Waals surface area contributed by atoms with Crippen LogP contribution in [0.2, 0.25) is 0 Å². The zero-order valence-corrected chi connectivity index (χ0v) is 10.0. The Balaban J connectivity index is 1.82. The van der Waals surface area contributed by atoms with Gasteiger partial charge in [0.25, 0.3) is 0 Å². The molecule has 0 radical (unpaired) electrons. The Bertz CT molecular complexity index is 200. The molecule has 1 aliphatic heterocycles. The van der Waals surface area contributed by atoms with Gasteiger partial charge < -0.3 is 5.11 Å². The van der Waals surface area contributed by atoms with E-state index in [1.807, 2.05) is 0 Å². The lowest BCUT2D eigenvalue weighted by atomic mass is 10.1. The van der Waals surface area contributed by atoms with Crippen LogP contribution in [0.15, 0.2) is 0 Å². The predicted octanol–water partition coefficient (Wildman–Crippen LogP) is 0.926. The van der Waals surface area contributed by atoms with Crippen molar-refractivity contribution in [2.75, 3.05) is 26.2 Å². The van der Waals surface area contributed by atoms with Gasteiger partial charge in [0.05, 0.1) is 6.10 Å². The summed E-state index contributed by atoms with van der Waals surface area (Å²) in [6, 6.07) is 1.12. The lowest BCUT2D eigenvalue weighted by molar-refractivity contribution is 0.0278. The molecule has 15 heavy (non-hydrogen) atoms. The van der Waals surface area contributed by atoms with Gasteiger partial charge in [-0.1, -0.05) is 0 Å². The van der Waals surface area contributed by atoms with Crippen LogP contribution in [0, 0.1) is 0 Å². The molecule has 1 heterocycles. The van der Waals surface area contributed by atoms with Gasteiger partial charge in [-0.2, -0.15) is 0 Å². The minimum Gasteiger partial charge on any atom is -0.391 e. The van der Waals surface area contributed by atoms with E-state index in [2.05, 4.69) is 23.6 Å². The van der Waals surface area contributed by atoms with Crippen molar-refractivity contribution in [2.45, 2.75) is 51.3 Å². The highest BCUT2D eigenvalue weighted by Crippen LogP contribution is 2.25. The summed E-state index contributed by atoms with van der Waals surface area (Å²) < 4.78 is 0. The summed E-state index contributed by atoms with van der Waals surface area (Å²) in [6.07, 6.45) is 3.35. The highest BCUT2D eigenvalue weighted by atomic mass is 16.3. The number of piperazine rings is 1. The van der Waals surface area contributed by atoms with Crippen LogP contribution in [-0.2, 0) is 0 Å². The summed E-state index contributed by atoms with van der Waals surface area (Å²) in [6.45, 7) is 9.14. The summed E-state index contributed by atoms with van der Waals surface area (Å²) >= 11 is 0. The molecular weight excluding hydrogens is 188 g/mol. The standard InChI is InChI=1S/C12H24N2O/c1-10(2)13-6-8-14(9-7-13)11-4-3-5-12(11)15/h10-12,15H,3-9H2,1-2H3. The summed E-state index contributed by atoms with van der Waals surface area (Å²) in [5, 5.41) is 9.86. The molecular formula is C12H24N2O. The van der Waals surface area contributed by atoms with Crippen molar-refractivity contribution in [2.24, 2.45) is 0 Å². The summed E-state index contributed by atoms with van der Waals surface area (Å²) in [7, 11) is 0. The van der Waals surface area contributed by atoms with Crippen LogP contribution in [0.5, 0.6) is 0 Å². The minimum atomic E-state index is -0.0596. The smallest absolute Gasteiger partial charge is 0.0695 e. The number of aliphatic hydroxyl groups excluding tert-OH is 1. The maximum atomic E-state index is 9.86. The van der Waals surface area contributed by atoms with Crippen LogP contribution < -0.4 is 0 Å². The molecule has 1 aliphatic carbocycles. The van der Waals surface area contributed by atoms with Crippen LogP contribution in [0.4, 0.5) is 0 Å². The third kappa shape index (κ3) is 2.52. The van der Waals surface area contributed by atoms with E-state index in [0.29, 0.717) is 12.1 Å². The topological polar surface area (TPSA) is 26.7 Å². The molecule has 1 saturated heterocycles. The Kier molecular flexibility index (Phi) is 3.65. The first-order chi connectivity index (χ1) is 7.18. The van der Waals surface area contributed by atoms with Crippen molar-refractivity contribution in [3.63, 3.8) is 0 Å². The molecule has 0 amide bonds. The second kappa shape index (κ2) is 4.81. The first-order valence-electron chi connectivity index (χ1n) is 6.34. The van der Waals surface area contributed by atoms with E-state index in [0.717, 1.165) is 19.5 Å². The average molecular weight is 212 g/mol. The van der Waals surface area contributed by atoms with Gasteiger partial charge in [0.2, 0.25) is 0 Å². The second-order valence-corrected chi connectivity index (χ2v) is 5.23. The van der Waals surface area contributed by atoms with E-state index < -0.39 is 0 Å². The molecule has 2 fully saturated rings. The molecule has 0 spiro atoms. The van der Waals surface area contributed by atoms with Crippen molar-refractivity contribution in [1.29, 1.82) is 0 Å². The highest BCUT2D eigenvalue weighted by Gasteiger charge is 2.32. The van der Waals surface area contributed by atoms with Gasteiger partial charge in [-0.05, 0) is 33.1 Å². The fraction of sp³-hybridized carbons (Fsp3) is 1.00. The van der Waals surface area contributed by atoms with Gasteiger partial charge in [-0.25, -0.2) is 0 Å². The monoisotopic (exact) mass is 212 g/mol. The van der Waals surface area contributed by atoms with Gasteiger partial charge in [-0.15, -0.1) is 0 Å². The van der Waals surface area contributed by atoms with Crippen molar-refractivity contribution >= 4 is 0 Å². The molecule has 0 aromatic carbocycles. The zero-order chi connectivity index (χ0) is 10.8. The summed E-state index contributed by atoms with van der Waals surface area (Å²) in [4.78, 5) is 5.02. The molecule has 2 atom stereocenters. The maximum absolute atomic E-state index is 9.86. The van der Waals surface area contributed by atoms with Crippen molar-refractivity contribution < 1.29 is 5.11 Å². The number of hydrogen-bond acceptors (Lipinski definition) is 3. The van der Waals surface area contributed by atoms with Gasteiger partial charge >= 0.3 is 0 Å². The molecule has 3 nitrogen and oxygen atoms in total. The van der Waals surface area contributed by atoms with Crippen LogP contribution in [0.25, 0.3) is 0 Å². The number of aliphatic hydroxyl groups is 1. The molecule has 3 heteroatoms. The van der Waals surface area contributed by atoms with Crippen LogP contribution >= 0.6 is 0 Å². The largest absolute Gasteiger partial charge is 0.391 e. The highest BCUT2D eigenvalue weighted by molar-refractivity contribution is 4.88. The molecule has 2 unspecified atom stereocenters. The van der Waals surface area contributed by atoms with E-state index in [-0.39, 0.29) is 6.10 Å². The summed E-state index contributed by atoms with van der Waals surface area (Å²) in [5.41, 5.74) is 0. The second-order valence-electron chi connectivity index (χ2n) is 5.23. The first-order valence-corrected chi connectivity index (χ1v) is 6.34. The van der Waals surface area contributed by atoms with Crippen molar-refractivity contribution in [3.8, 4) is 0 Å². The normalized spacial score (nSPS) is 35.2. The fourth-order valence-corrected chi connectivity index (χ4v) is 2.93. The fourth-order valence-electron chi connectivity index (χ4n) is 2.93. The molecule has 1 saturated carbocycles. The Morgan fingerprint density at radius 3 is 2.20 bits per heavy atom. The van der Waals surface area contributed by atoms with Gasteiger partial charge in [0.1, 0.15) is 0 Å². The minimum absolute atomic E-state index is 0.0596. The molecule has 2 rings (SSSR count). The summed E-state index contributed by atoms with van der Waals surface area (Å²) in [5.74, 6) is 0. The van der Waals surface area contributed by atoms with E-state index in [4.69, 9.17) is 0 Å². The van der Waals surface area contributed by atoms with Gasteiger partial charge in [0, 0.05) is 38.3 Å². The third-order valence-corrected chi connectivity index (χ3v) is 3.99. The SMILES string of the molecule is CC(C)N1CCN(C2CCCC2O)CC1. The number of rotatable bonds is 2. The van der Waals surface area contributed by atoms with Gasteiger partial charge in [-0.3, -0.25) is 9.80 Å². The number of nitrogens with zero attached hydrogens (tertiary/aromatic N) is 2. The number of hydrogen-bond donors (Lipinski definition) is 1. The van der Waals surface area contributed by atoms with Crippen molar-refractivity contribution in [1.82, 2.24) is 9.80 Å². The van der Waals surface area contributed by atoms with Gasteiger partial charge in [0.15, 0.2) is 0 Å². The maximum Gasteiger partial charge on any atom is 0.0695 e. The Morgan fingerprint density at radius 1 is 1.07 bits per heavy atom. The lowest BCUT2D eigenvalue weighted by Gasteiger charge is -2.40. The molecule has 88 valence electrons.